The molecule has 1 aromatic heterocycles. The van der Waals surface area contributed by atoms with E-state index in [4.69, 9.17) is 23.2 Å². The number of halogens is 2. The molecule has 21 heavy (non-hydrogen) atoms. The first-order valence-corrected chi connectivity index (χ1v) is 7.42. The summed E-state index contributed by atoms with van der Waals surface area (Å²) in [6.07, 6.45) is 3.98. The van der Waals surface area contributed by atoms with E-state index in [0.29, 0.717) is 10.0 Å². The summed E-state index contributed by atoms with van der Waals surface area (Å²) < 4.78 is 2.15. The van der Waals surface area contributed by atoms with Gasteiger partial charge < -0.3 is 0 Å². The van der Waals surface area contributed by atoms with Crippen molar-refractivity contribution in [3.05, 3.63) is 75.9 Å². The summed E-state index contributed by atoms with van der Waals surface area (Å²) in [5.74, 6) is 0. The number of hydrogen-bond acceptors (Lipinski definition) is 0. The SMILES string of the molecule is C[n+]1c(/C=C\c2c(Cl)cccc2Cl)ccc2ccccc21. The van der Waals surface area contributed by atoms with Crippen LogP contribution in [0.15, 0.2) is 54.6 Å². The Morgan fingerprint density at radius 3 is 2.29 bits per heavy atom. The van der Waals surface area contributed by atoms with Crippen LogP contribution >= 0.6 is 23.2 Å². The lowest BCUT2D eigenvalue weighted by molar-refractivity contribution is -0.646. The maximum Gasteiger partial charge on any atom is 0.212 e. The number of rotatable bonds is 2. The van der Waals surface area contributed by atoms with Crippen LogP contribution in [0.3, 0.4) is 0 Å². The van der Waals surface area contributed by atoms with E-state index >= 15 is 0 Å². The third kappa shape index (κ3) is 2.80. The number of para-hydroxylation sites is 1. The lowest BCUT2D eigenvalue weighted by Gasteiger charge is -2.02. The summed E-state index contributed by atoms with van der Waals surface area (Å²) in [7, 11) is 2.05. The number of aromatic nitrogens is 1. The zero-order valence-electron chi connectivity index (χ0n) is 11.6. The molecule has 0 unspecified atom stereocenters. The molecule has 0 bridgehead atoms. The van der Waals surface area contributed by atoms with Crippen LogP contribution in [-0.2, 0) is 7.05 Å². The van der Waals surface area contributed by atoms with Gasteiger partial charge in [-0.05, 0) is 30.3 Å². The van der Waals surface area contributed by atoms with E-state index in [1.807, 2.05) is 42.5 Å². The summed E-state index contributed by atoms with van der Waals surface area (Å²) in [4.78, 5) is 0. The second-order valence-electron chi connectivity index (χ2n) is 4.84. The minimum atomic E-state index is 0.655. The summed E-state index contributed by atoms with van der Waals surface area (Å²) in [6, 6.07) is 18.0. The number of hydrogen-bond donors (Lipinski definition) is 0. The second-order valence-corrected chi connectivity index (χ2v) is 5.66. The van der Waals surface area contributed by atoms with E-state index in [0.717, 1.165) is 11.3 Å². The molecule has 1 nitrogen and oxygen atoms in total. The van der Waals surface area contributed by atoms with Crippen LogP contribution in [-0.4, -0.2) is 0 Å². The molecule has 104 valence electrons. The van der Waals surface area contributed by atoms with Crippen molar-refractivity contribution in [2.45, 2.75) is 0 Å². The molecule has 0 saturated carbocycles. The molecule has 0 radical (unpaired) electrons. The summed E-state index contributed by atoms with van der Waals surface area (Å²) in [6.45, 7) is 0. The molecule has 0 amide bonds. The van der Waals surface area contributed by atoms with Crippen LogP contribution in [0.4, 0.5) is 0 Å². The Kier molecular flexibility index (Phi) is 3.96. The second kappa shape index (κ2) is 5.88. The van der Waals surface area contributed by atoms with Gasteiger partial charge in [0.2, 0.25) is 11.2 Å². The van der Waals surface area contributed by atoms with Gasteiger partial charge >= 0.3 is 0 Å². The molecule has 0 aliphatic carbocycles. The van der Waals surface area contributed by atoms with E-state index in [1.165, 1.54) is 10.9 Å². The highest BCUT2D eigenvalue weighted by Gasteiger charge is 2.09. The number of nitrogens with zero attached hydrogens (tertiary/aromatic N) is 1. The van der Waals surface area contributed by atoms with Gasteiger partial charge in [-0.25, -0.2) is 0 Å². The van der Waals surface area contributed by atoms with Crippen molar-refractivity contribution in [2.24, 2.45) is 7.05 Å². The maximum absolute atomic E-state index is 6.19. The van der Waals surface area contributed by atoms with Crippen molar-refractivity contribution >= 4 is 46.3 Å². The number of benzene rings is 2. The first-order chi connectivity index (χ1) is 10.2. The fourth-order valence-corrected chi connectivity index (χ4v) is 2.89. The minimum Gasteiger partial charge on any atom is -0.195 e. The van der Waals surface area contributed by atoms with Crippen LogP contribution in [0.1, 0.15) is 11.3 Å². The molecule has 3 aromatic rings. The van der Waals surface area contributed by atoms with E-state index < -0.39 is 0 Å². The Hall–Kier alpha value is -1.83. The number of pyridine rings is 1. The molecular weight excluding hydrogens is 301 g/mol. The van der Waals surface area contributed by atoms with Crippen molar-refractivity contribution in [3.63, 3.8) is 0 Å². The van der Waals surface area contributed by atoms with Crippen molar-refractivity contribution in [2.75, 3.05) is 0 Å². The fraction of sp³-hybridized carbons (Fsp3) is 0.0556. The summed E-state index contributed by atoms with van der Waals surface area (Å²) >= 11 is 12.4. The van der Waals surface area contributed by atoms with Gasteiger partial charge in [0, 0.05) is 39.2 Å². The van der Waals surface area contributed by atoms with E-state index in [1.54, 1.807) is 0 Å². The van der Waals surface area contributed by atoms with Crippen molar-refractivity contribution in [3.8, 4) is 0 Å². The van der Waals surface area contributed by atoms with E-state index in [9.17, 15) is 0 Å². The molecule has 0 atom stereocenters. The maximum atomic E-state index is 6.19. The first-order valence-electron chi connectivity index (χ1n) is 6.67. The van der Waals surface area contributed by atoms with Gasteiger partial charge in [-0.3, -0.25) is 0 Å². The Bertz CT molecular complexity index is 817. The standard InChI is InChI=1S/C18H14Cl2N/c1-21-14(10-9-13-5-2-3-8-18(13)21)11-12-15-16(19)6-4-7-17(15)20/h2-12H,1H3/q+1/b12-11-. The molecule has 0 saturated heterocycles. The average Bonchev–Trinajstić information content (AvgIpc) is 2.49. The highest BCUT2D eigenvalue weighted by molar-refractivity contribution is 6.37. The molecule has 3 heteroatoms. The minimum absolute atomic E-state index is 0.655. The molecule has 0 N–H and O–H groups in total. The van der Waals surface area contributed by atoms with Gasteiger partial charge in [0.15, 0.2) is 0 Å². The smallest absolute Gasteiger partial charge is 0.195 e. The highest BCUT2D eigenvalue weighted by Crippen LogP contribution is 2.26. The Labute approximate surface area is 134 Å². The van der Waals surface area contributed by atoms with Gasteiger partial charge in [0.25, 0.3) is 0 Å². The lowest BCUT2D eigenvalue weighted by Crippen LogP contribution is -2.32. The van der Waals surface area contributed by atoms with Gasteiger partial charge in [-0.1, -0.05) is 41.4 Å². The largest absolute Gasteiger partial charge is 0.212 e. The quantitative estimate of drug-likeness (QED) is 0.576. The van der Waals surface area contributed by atoms with Gasteiger partial charge in [0.1, 0.15) is 7.05 Å². The van der Waals surface area contributed by atoms with E-state index in [2.05, 4.69) is 35.9 Å². The lowest BCUT2D eigenvalue weighted by atomic mass is 10.1. The zero-order chi connectivity index (χ0) is 14.8. The first kappa shape index (κ1) is 14.1. The Morgan fingerprint density at radius 1 is 0.810 bits per heavy atom. The fourth-order valence-electron chi connectivity index (χ4n) is 2.37. The molecule has 2 aromatic carbocycles. The van der Waals surface area contributed by atoms with Crippen LogP contribution in [0.5, 0.6) is 0 Å². The molecule has 1 heterocycles. The highest BCUT2D eigenvalue weighted by atomic mass is 35.5. The Morgan fingerprint density at radius 2 is 1.52 bits per heavy atom. The Balaban J connectivity index is 2.06. The van der Waals surface area contributed by atoms with Crippen LogP contribution in [0.2, 0.25) is 10.0 Å². The molecule has 0 fully saturated rings. The average molecular weight is 315 g/mol. The summed E-state index contributed by atoms with van der Waals surface area (Å²) in [5, 5.41) is 2.53. The number of aryl methyl sites for hydroxylation is 1. The number of fused-ring (bicyclic) bond motifs is 1. The predicted molar refractivity (Wildman–Crippen MR) is 90.5 cm³/mol. The van der Waals surface area contributed by atoms with Gasteiger partial charge in [-0.2, -0.15) is 4.57 Å². The van der Waals surface area contributed by atoms with Crippen LogP contribution in [0.25, 0.3) is 23.1 Å². The summed E-state index contributed by atoms with van der Waals surface area (Å²) in [5.41, 5.74) is 3.11. The monoisotopic (exact) mass is 314 g/mol. The third-order valence-corrected chi connectivity index (χ3v) is 4.20. The van der Waals surface area contributed by atoms with Gasteiger partial charge in [-0.15, -0.1) is 0 Å². The molecule has 3 rings (SSSR count). The third-order valence-electron chi connectivity index (χ3n) is 3.54. The van der Waals surface area contributed by atoms with Crippen molar-refractivity contribution in [1.29, 1.82) is 0 Å². The van der Waals surface area contributed by atoms with Crippen molar-refractivity contribution in [1.82, 2.24) is 0 Å². The molecular formula is C18H14Cl2N+. The molecule has 0 aliphatic rings. The van der Waals surface area contributed by atoms with Gasteiger partial charge in [0.05, 0.1) is 0 Å². The molecule has 0 spiro atoms. The predicted octanol–water partition coefficient (Wildman–Crippen LogP) is 5.14. The van der Waals surface area contributed by atoms with E-state index in [-0.39, 0.29) is 0 Å². The van der Waals surface area contributed by atoms with Crippen molar-refractivity contribution < 1.29 is 4.57 Å². The van der Waals surface area contributed by atoms with Crippen LogP contribution in [0, 0.1) is 0 Å². The molecule has 0 aliphatic heterocycles. The zero-order valence-corrected chi connectivity index (χ0v) is 13.1. The normalized spacial score (nSPS) is 11.4. The van der Waals surface area contributed by atoms with Crippen LogP contribution < -0.4 is 4.57 Å². The topological polar surface area (TPSA) is 3.88 Å².